The standard InChI is InChI=1S/C38H41N3O12/c1-19-25(44)17-38(48)32(52-34(47)22-10-8-7-9-11-22)30-36(6,31(45)29(50-20(2)42)28(19)35(38,4)5)26(16-27-37(30,18-49-27)53-21(3)43)51-33(46)23-12-14-24(15-13-23)40-41-39/h7-15,25-27,29-30,32,44,48H,16-18H2,1-6H3/t25-,26-,27+,29+,30-,32-,36+,37-,38+/m0/s1. The van der Waals surface area contributed by atoms with Gasteiger partial charge in [-0.3, -0.25) is 14.4 Å². The molecule has 2 saturated carbocycles. The van der Waals surface area contributed by atoms with Crippen LogP contribution in [0.5, 0.6) is 0 Å². The largest absolute Gasteiger partial charge is 0.458 e. The molecular formula is C38H41N3O12. The monoisotopic (exact) mass is 731 g/mol. The Balaban J connectivity index is 1.62. The molecule has 280 valence electrons. The number of carbonyl (C=O) groups is 5. The first-order valence-electron chi connectivity index (χ1n) is 17.2. The molecule has 0 amide bonds. The number of azide groups is 1. The van der Waals surface area contributed by atoms with E-state index in [1.807, 2.05) is 0 Å². The Kier molecular flexibility index (Phi) is 9.53. The van der Waals surface area contributed by atoms with E-state index in [2.05, 4.69) is 10.0 Å². The van der Waals surface area contributed by atoms with Gasteiger partial charge in [0.1, 0.15) is 23.9 Å². The molecule has 15 heteroatoms. The number of aliphatic hydroxyl groups is 2. The minimum Gasteiger partial charge on any atom is -0.458 e. The fraction of sp³-hybridized carbons (Fsp3) is 0.500. The number of ether oxygens (including phenoxy) is 5. The first-order valence-corrected chi connectivity index (χ1v) is 17.2. The van der Waals surface area contributed by atoms with Crippen molar-refractivity contribution in [2.75, 3.05) is 6.61 Å². The van der Waals surface area contributed by atoms with Crippen molar-refractivity contribution in [3.8, 4) is 0 Å². The number of carbonyl (C=O) groups excluding carboxylic acids is 5. The van der Waals surface area contributed by atoms with Crippen molar-refractivity contribution in [2.24, 2.45) is 21.9 Å². The van der Waals surface area contributed by atoms with E-state index >= 15 is 4.79 Å². The van der Waals surface area contributed by atoms with Crippen LogP contribution in [0.4, 0.5) is 5.69 Å². The molecule has 0 radical (unpaired) electrons. The van der Waals surface area contributed by atoms with Gasteiger partial charge in [0.25, 0.3) is 0 Å². The number of Topliss-reactive ketones (excluding diaryl/α,β-unsaturated/α-hetero) is 1. The van der Waals surface area contributed by atoms with Gasteiger partial charge < -0.3 is 33.9 Å². The molecule has 0 aromatic heterocycles. The molecule has 9 atom stereocenters. The molecule has 6 rings (SSSR count). The molecule has 3 aliphatic carbocycles. The van der Waals surface area contributed by atoms with Crippen LogP contribution in [0.15, 0.2) is 70.9 Å². The van der Waals surface area contributed by atoms with Crippen molar-refractivity contribution < 1.29 is 57.9 Å². The van der Waals surface area contributed by atoms with Crippen molar-refractivity contribution in [3.05, 3.63) is 87.3 Å². The molecule has 4 aliphatic rings. The van der Waals surface area contributed by atoms with Gasteiger partial charge in [0.15, 0.2) is 17.5 Å². The molecule has 1 aliphatic heterocycles. The predicted molar refractivity (Wildman–Crippen MR) is 183 cm³/mol. The van der Waals surface area contributed by atoms with Gasteiger partial charge in [0.05, 0.1) is 35.2 Å². The van der Waals surface area contributed by atoms with E-state index in [1.165, 1.54) is 43.3 Å². The molecule has 2 aromatic carbocycles. The number of hydrogen-bond donors (Lipinski definition) is 2. The fourth-order valence-corrected chi connectivity index (χ4v) is 8.97. The van der Waals surface area contributed by atoms with Gasteiger partial charge in [-0.25, -0.2) is 9.59 Å². The van der Waals surface area contributed by atoms with Crippen molar-refractivity contribution in [2.45, 2.75) is 96.1 Å². The summed E-state index contributed by atoms with van der Waals surface area (Å²) in [6.07, 6.45) is -7.87. The summed E-state index contributed by atoms with van der Waals surface area (Å²) >= 11 is 0. The summed E-state index contributed by atoms with van der Waals surface area (Å²) in [6.45, 7) is 8.20. The van der Waals surface area contributed by atoms with Gasteiger partial charge in [0.2, 0.25) is 0 Å². The molecule has 53 heavy (non-hydrogen) atoms. The highest BCUT2D eigenvalue weighted by Crippen LogP contribution is 2.64. The normalized spacial score (nSPS) is 34.0. The third kappa shape index (κ3) is 5.88. The highest BCUT2D eigenvalue weighted by atomic mass is 16.6. The number of hydrogen-bond acceptors (Lipinski definition) is 13. The zero-order valence-electron chi connectivity index (χ0n) is 30.1. The number of ketones is 1. The number of esters is 4. The van der Waals surface area contributed by atoms with E-state index in [4.69, 9.17) is 29.2 Å². The minimum atomic E-state index is -2.23. The number of aliphatic hydroxyl groups excluding tert-OH is 1. The van der Waals surface area contributed by atoms with Gasteiger partial charge in [0, 0.05) is 42.7 Å². The van der Waals surface area contributed by atoms with Crippen molar-refractivity contribution in [1.82, 2.24) is 0 Å². The second-order valence-electron chi connectivity index (χ2n) is 14.9. The zero-order valence-corrected chi connectivity index (χ0v) is 30.1. The van der Waals surface area contributed by atoms with Gasteiger partial charge in [-0.2, -0.15) is 0 Å². The van der Waals surface area contributed by atoms with Crippen LogP contribution < -0.4 is 0 Å². The van der Waals surface area contributed by atoms with Crippen LogP contribution in [0.25, 0.3) is 10.4 Å². The van der Waals surface area contributed by atoms with Crippen LogP contribution in [0.3, 0.4) is 0 Å². The molecule has 0 unspecified atom stereocenters. The predicted octanol–water partition coefficient (Wildman–Crippen LogP) is 4.46. The lowest BCUT2D eigenvalue weighted by Gasteiger charge is -2.67. The quantitative estimate of drug-likeness (QED) is 0.101. The summed E-state index contributed by atoms with van der Waals surface area (Å²) in [4.78, 5) is 71.9. The summed E-state index contributed by atoms with van der Waals surface area (Å²) in [5.41, 5.74) is 2.00. The maximum absolute atomic E-state index is 15.6. The fourth-order valence-electron chi connectivity index (χ4n) is 8.97. The molecule has 1 heterocycles. The zero-order chi connectivity index (χ0) is 38.7. The van der Waals surface area contributed by atoms with Crippen LogP contribution in [0, 0.1) is 16.7 Å². The summed E-state index contributed by atoms with van der Waals surface area (Å²) in [7, 11) is 0. The summed E-state index contributed by atoms with van der Waals surface area (Å²) < 4.78 is 30.3. The van der Waals surface area contributed by atoms with Crippen LogP contribution in [0.1, 0.15) is 75.1 Å². The highest BCUT2D eigenvalue weighted by molar-refractivity contribution is 5.96. The Bertz CT molecular complexity index is 1940. The number of fused-ring (bicyclic) bond motifs is 5. The van der Waals surface area contributed by atoms with Crippen LogP contribution in [-0.2, 0) is 38.1 Å². The molecular weight excluding hydrogens is 690 g/mol. The molecule has 1 saturated heterocycles. The second-order valence-corrected chi connectivity index (χ2v) is 14.9. The van der Waals surface area contributed by atoms with E-state index in [1.54, 1.807) is 39.0 Å². The Morgan fingerprint density at radius 2 is 1.55 bits per heavy atom. The van der Waals surface area contributed by atoms with E-state index in [-0.39, 0.29) is 41.0 Å². The van der Waals surface area contributed by atoms with Gasteiger partial charge in [-0.15, -0.1) is 0 Å². The Labute approximate surface area is 304 Å². The van der Waals surface area contributed by atoms with E-state index in [0.717, 1.165) is 13.8 Å². The molecule has 2 aromatic rings. The van der Waals surface area contributed by atoms with E-state index < -0.39 is 94.6 Å². The number of benzene rings is 2. The second kappa shape index (κ2) is 13.4. The maximum atomic E-state index is 15.6. The van der Waals surface area contributed by atoms with Crippen molar-refractivity contribution in [3.63, 3.8) is 0 Å². The lowest BCUT2D eigenvalue weighted by atomic mass is 9.44. The Hall–Kier alpha value is -5.08. The van der Waals surface area contributed by atoms with Crippen LogP contribution in [-0.4, -0.2) is 88.2 Å². The summed E-state index contributed by atoms with van der Waals surface area (Å²) in [6, 6.07) is 13.5. The Morgan fingerprint density at radius 1 is 0.925 bits per heavy atom. The van der Waals surface area contributed by atoms with Gasteiger partial charge in [-0.1, -0.05) is 49.3 Å². The van der Waals surface area contributed by atoms with Crippen molar-refractivity contribution >= 4 is 35.3 Å². The van der Waals surface area contributed by atoms with E-state index in [9.17, 15) is 29.4 Å². The van der Waals surface area contributed by atoms with Gasteiger partial charge >= 0.3 is 23.9 Å². The molecule has 3 fully saturated rings. The number of rotatable bonds is 7. The SMILES string of the molecule is CC(=O)O[C@H]1C(=O)[C@]2(C)[C@@H](OC(=O)c3ccc(N=[N+]=[N-])cc3)C[C@H]3OC[C@@]3(OC(C)=O)[C@H]2[C@H](OC(=O)c2ccccc2)[C@]2(O)C[C@H](O)C(C)=C1C2(C)C. The lowest BCUT2D eigenvalue weighted by molar-refractivity contribution is -0.345. The average molecular weight is 732 g/mol. The number of nitrogens with zero attached hydrogens (tertiary/aromatic N) is 3. The minimum absolute atomic E-state index is 0.0357. The van der Waals surface area contributed by atoms with Crippen molar-refractivity contribution in [1.29, 1.82) is 0 Å². The first-order chi connectivity index (χ1) is 24.9. The molecule has 15 nitrogen and oxygen atoms in total. The molecule has 2 bridgehead atoms. The average Bonchev–Trinajstić information content (AvgIpc) is 3.09. The highest BCUT2D eigenvalue weighted by Gasteiger charge is 2.79. The smallest absolute Gasteiger partial charge is 0.338 e. The van der Waals surface area contributed by atoms with Crippen LogP contribution in [0.2, 0.25) is 0 Å². The summed E-state index contributed by atoms with van der Waals surface area (Å²) in [5.74, 6) is -5.69. The maximum Gasteiger partial charge on any atom is 0.338 e. The molecule has 0 spiro atoms. The summed E-state index contributed by atoms with van der Waals surface area (Å²) in [5, 5.41) is 28.3. The van der Waals surface area contributed by atoms with E-state index in [0.29, 0.717) is 0 Å². The third-order valence-electron chi connectivity index (χ3n) is 11.7. The topological polar surface area (TPSA) is 221 Å². The Morgan fingerprint density at radius 3 is 2.11 bits per heavy atom. The lowest BCUT2D eigenvalue weighted by Crippen LogP contribution is -2.82. The van der Waals surface area contributed by atoms with Gasteiger partial charge in [-0.05, 0) is 54.8 Å². The van der Waals surface area contributed by atoms with Crippen LogP contribution >= 0.6 is 0 Å². The molecule has 2 N–H and O–H groups in total. The third-order valence-corrected chi connectivity index (χ3v) is 11.7. The first kappa shape index (κ1) is 37.7.